The lowest BCUT2D eigenvalue weighted by Crippen LogP contribution is -2.50. The summed E-state index contributed by atoms with van der Waals surface area (Å²) in [7, 11) is -3.44. The van der Waals surface area contributed by atoms with Crippen LogP contribution in [0.5, 0.6) is 0 Å². The van der Waals surface area contributed by atoms with E-state index in [-0.39, 0.29) is 12.4 Å². The number of piperazine rings is 1. The first-order chi connectivity index (χ1) is 8.58. The quantitative estimate of drug-likeness (QED) is 0.816. The summed E-state index contributed by atoms with van der Waals surface area (Å²) in [6, 6.07) is 5.76. The molecule has 7 heteroatoms. The van der Waals surface area contributed by atoms with E-state index >= 15 is 0 Å². The van der Waals surface area contributed by atoms with Gasteiger partial charge in [0.05, 0.1) is 0 Å². The lowest BCUT2D eigenvalue weighted by Gasteiger charge is -2.26. The van der Waals surface area contributed by atoms with E-state index in [1.807, 2.05) is 0 Å². The molecular formula is C11H16FN3O2S. The average molecular weight is 273 g/mol. The normalized spacial score (nSPS) is 17.8. The van der Waals surface area contributed by atoms with Gasteiger partial charge >= 0.3 is 0 Å². The van der Waals surface area contributed by atoms with E-state index < -0.39 is 10.2 Å². The molecule has 1 aromatic carbocycles. The first-order valence-electron chi connectivity index (χ1n) is 5.78. The maximum atomic E-state index is 12.7. The van der Waals surface area contributed by atoms with Crippen LogP contribution in [-0.2, 0) is 16.8 Å². The second-order valence-electron chi connectivity index (χ2n) is 4.10. The van der Waals surface area contributed by atoms with Crippen LogP contribution in [0.3, 0.4) is 0 Å². The summed E-state index contributed by atoms with van der Waals surface area (Å²) in [6.07, 6.45) is 0. The summed E-state index contributed by atoms with van der Waals surface area (Å²) in [5.41, 5.74) is 0.732. The summed E-state index contributed by atoms with van der Waals surface area (Å²) < 4.78 is 40.5. The SMILES string of the molecule is O=S(=O)(NCc1ccc(F)cc1)N1CCNCC1. The fraction of sp³-hybridized carbons (Fsp3) is 0.455. The average Bonchev–Trinajstić information content (AvgIpc) is 2.39. The van der Waals surface area contributed by atoms with E-state index in [0.717, 1.165) is 5.56 Å². The molecule has 18 heavy (non-hydrogen) atoms. The van der Waals surface area contributed by atoms with Gasteiger partial charge in [0, 0.05) is 32.7 Å². The number of nitrogens with zero attached hydrogens (tertiary/aromatic N) is 1. The fourth-order valence-corrected chi connectivity index (χ4v) is 2.95. The number of nitrogens with one attached hydrogen (secondary N) is 2. The van der Waals surface area contributed by atoms with Crippen LogP contribution < -0.4 is 10.0 Å². The highest BCUT2D eigenvalue weighted by Gasteiger charge is 2.22. The van der Waals surface area contributed by atoms with E-state index in [1.165, 1.54) is 16.4 Å². The maximum absolute atomic E-state index is 12.7. The highest BCUT2D eigenvalue weighted by atomic mass is 32.2. The van der Waals surface area contributed by atoms with Crippen LogP contribution in [0.1, 0.15) is 5.56 Å². The lowest BCUT2D eigenvalue weighted by molar-refractivity contribution is 0.354. The van der Waals surface area contributed by atoms with Gasteiger partial charge in [-0.05, 0) is 17.7 Å². The van der Waals surface area contributed by atoms with Crippen LogP contribution in [0.4, 0.5) is 4.39 Å². The summed E-state index contributed by atoms with van der Waals surface area (Å²) in [5.74, 6) is -0.330. The van der Waals surface area contributed by atoms with Crippen LogP contribution in [0.15, 0.2) is 24.3 Å². The van der Waals surface area contributed by atoms with Crippen LogP contribution in [0, 0.1) is 5.82 Å². The minimum absolute atomic E-state index is 0.173. The molecule has 1 fully saturated rings. The van der Waals surface area contributed by atoms with Gasteiger partial charge in [-0.1, -0.05) is 12.1 Å². The Balaban J connectivity index is 1.94. The highest BCUT2D eigenvalue weighted by Crippen LogP contribution is 2.05. The number of halogens is 1. The molecule has 0 atom stereocenters. The Hall–Kier alpha value is -1.02. The largest absolute Gasteiger partial charge is 0.314 e. The Bertz CT molecular complexity index is 484. The molecular weight excluding hydrogens is 257 g/mol. The van der Waals surface area contributed by atoms with Gasteiger partial charge in [0.1, 0.15) is 5.82 Å². The molecule has 0 bridgehead atoms. The van der Waals surface area contributed by atoms with Gasteiger partial charge in [-0.2, -0.15) is 17.4 Å². The fourth-order valence-electron chi connectivity index (χ4n) is 1.75. The van der Waals surface area contributed by atoms with Gasteiger partial charge in [0.25, 0.3) is 10.2 Å². The van der Waals surface area contributed by atoms with Crippen LogP contribution >= 0.6 is 0 Å². The molecule has 2 rings (SSSR count). The van der Waals surface area contributed by atoms with Crippen LogP contribution in [0.2, 0.25) is 0 Å². The number of hydrogen-bond acceptors (Lipinski definition) is 3. The molecule has 1 aliphatic rings. The molecule has 100 valence electrons. The minimum atomic E-state index is -3.44. The third-order valence-corrected chi connectivity index (χ3v) is 4.34. The molecule has 0 aliphatic carbocycles. The predicted molar refractivity (Wildman–Crippen MR) is 66.6 cm³/mol. The molecule has 1 saturated heterocycles. The molecule has 0 saturated carbocycles. The third-order valence-electron chi connectivity index (χ3n) is 2.79. The Labute approximate surface area is 106 Å². The standard InChI is InChI=1S/C11H16FN3O2S/c12-11-3-1-10(2-4-11)9-14-18(16,17)15-7-5-13-6-8-15/h1-4,13-14H,5-9H2. The van der Waals surface area contributed by atoms with Gasteiger partial charge in [-0.25, -0.2) is 4.39 Å². The van der Waals surface area contributed by atoms with Gasteiger partial charge in [-0.3, -0.25) is 0 Å². The topological polar surface area (TPSA) is 61.4 Å². The highest BCUT2D eigenvalue weighted by molar-refractivity contribution is 7.87. The molecule has 2 N–H and O–H groups in total. The zero-order valence-electron chi connectivity index (χ0n) is 9.89. The lowest BCUT2D eigenvalue weighted by atomic mass is 10.2. The second-order valence-corrected chi connectivity index (χ2v) is 5.86. The summed E-state index contributed by atoms with van der Waals surface area (Å²) in [6.45, 7) is 2.44. The smallest absolute Gasteiger partial charge is 0.279 e. The monoisotopic (exact) mass is 273 g/mol. The molecule has 5 nitrogen and oxygen atoms in total. The zero-order chi connectivity index (χ0) is 13.0. The van der Waals surface area contributed by atoms with Crippen molar-refractivity contribution in [3.05, 3.63) is 35.6 Å². The molecule has 1 aromatic rings. The summed E-state index contributed by atoms with van der Waals surface area (Å²) >= 11 is 0. The van der Waals surface area contributed by atoms with Gasteiger partial charge in [0.2, 0.25) is 0 Å². The number of rotatable bonds is 4. The van der Waals surface area contributed by atoms with E-state index in [4.69, 9.17) is 0 Å². The van der Waals surface area contributed by atoms with E-state index in [0.29, 0.717) is 26.2 Å². The maximum Gasteiger partial charge on any atom is 0.279 e. The first kappa shape index (κ1) is 13.4. The van der Waals surface area contributed by atoms with Crippen molar-refractivity contribution in [2.75, 3.05) is 26.2 Å². The Morgan fingerprint density at radius 2 is 1.83 bits per heavy atom. The molecule has 0 unspecified atom stereocenters. The van der Waals surface area contributed by atoms with Crippen molar-refractivity contribution < 1.29 is 12.8 Å². The van der Waals surface area contributed by atoms with E-state index in [9.17, 15) is 12.8 Å². The minimum Gasteiger partial charge on any atom is -0.314 e. The van der Waals surface area contributed by atoms with Crippen LogP contribution in [0.25, 0.3) is 0 Å². The van der Waals surface area contributed by atoms with Gasteiger partial charge in [0.15, 0.2) is 0 Å². The summed E-state index contributed by atoms with van der Waals surface area (Å²) in [4.78, 5) is 0. The van der Waals surface area contributed by atoms with E-state index in [1.54, 1.807) is 12.1 Å². The van der Waals surface area contributed by atoms with Crippen molar-refractivity contribution in [1.82, 2.24) is 14.3 Å². The molecule has 0 aromatic heterocycles. The zero-order valence-corrected chi connectivity index (χ0v) is 10.7. The van der Waals surface area contributed by atoms with Crippen molar-refractivity contribution in [3.63, 3.8) is 0 Å². The van der Waals surface area contributed by atoms with Crippen molar-refractivity contribution >= 4 is 10.2 Å². The summed E-state index contributed by atoms with van der Waals surface area (Å²) in [5, 5.41) is 3.09. The predicted octanol–water partition coefficient (Wildman–Crippen LogP) is 0.0653. The number of benzene rings is 1. The Kier molecular flexibility index (Phi) is 4.28. The van der Waals surface area contributed by atoms with Gasteiger partial charge in [-0.15, -0.1) is 0 Å². The van der Waals surface area contributed by atoms with Crippen molar-refractivity contribution in [1.29, 1.82) is 0 Å². The van der Waals surface area contributed by atoms with Gasteiger partial charge < -0.3 is 5.32 Å². The van der Waals surface area contributed by atoms with E-state index in [2.05, 4.69) is 10.0 Å². The Morgan fingerprint density at radius 1 is 1.22 bits per heavy atom. The molecule has 0 spiro atoms. The van der Waals surface area contributed by atoms with Crippen molar-refractivity contribution in [2.45, 2.75) is 6.54 Å². The van der Waals surface area contributed by atoms with Crippen LogP contribution in [-0.4, -0.2) is 38.9 Å². The van der Waals surface area contributed by atoms with Crippen molar-refractivity contribution in [2.24, 2.45) is 0 Å². The molecule has 0 radical (unpaired) electrons. The van der Waals surface area contributed by atoms with Crippen molar-refractivity contribution in [3.8, 4) is 0 Å². The third kappa shape index (κ3) is 3.49. The molecule has 1 heterocycles. The Morgan fingerprint density at radius 3 is 2.44 bits per heavy atom. The molecule has 1 aliphatic heterocycles. The number of hydrogen-bond donors (Lipinski definition) is 2. The molecule has 0 amide bonds. The first-order valence-corrected chi connectivity index (χ1v) is 7.22. The second kappa shape index (κ2) is 5.75.